The van der Waals surface area contributed by atoms with Crippen LogP contribution in [0.2, 0.25) is 0 Å². The Labute approximate surface area is 193 Å². The van der Waals surface area contributed by atoms with Crippen molar-refractivity contribution < 1.29 is 19.0 Å². The molecule has 1 aliphatic rings. The smallest absolute Gasteiger partial charge is 0.255 e. The average Bonchev–Trinajstić information content (AvgIpc) is 3.25. The molecule has 2 aromatic carbocycles. The van der Waals surface area contributed by atoms with E-state index in [2.05, 4.69) is 36.6 Å². The van der Waals surface area contributed by atoms with Crippen LogP contribution in [0, 0.1) is 0 Å². The molecule has 10 heteroatoms. The number of para-hydroxylation sites is 2. The Morgan fingerprint density at radius 3 is 2.59 bits per heavy atom. The first-order valence-corrected chi connectivity index (χ1v) is 10.5. The van der Waals surface area contributed by atoms with Crippen molar-refractivity contribution in [2.45, 2.75) is 13.0 Å². The van der Waals surface area contributed by atoms with Gasteiger partial charge in [0, 0.05) is 5.70 Å². The van der Waals surface area contributed by atoms with E-state index in [0.717, 1.165) is 5.56 Å². The van der Waals surface area contributed by atoms with Gasteiger partial charge in [-0.1, -0.05) is 12.1 Å². The second-order valence-corrected chi connectivity index (χ2v) is 7.84. The molecule has 0 saturated heterocycles. The summed E-state index contributed by atoms with van der Waals surface area (Å²) in [6, 6.07) is 10.4. The molecule has 3 aromatic rings. The molecule has 0 spiro atoms. The average molecular weight is 500 g/mol. The summed E-state index contributed by atoms with van der Waals surface area (Å²) in [7, 11) is 4.69. The van der Waals surface area contributed by atoms with Crippen molar-refractivity contribution in [2.24, 2.45) is 0 Å². The highest BCUT2D eigenvalue weighted by molar-refractivity contribution is 9.10. The highest BCUT2D eigenvalue weighted by Gasteiger charge is 2.34. The van der Waals surface area contributed by atoms with Crippen molar-refractivity contribution in [3.05, 3.63) is 64.0 Å². The van der Waals surface area contributed by atoms with E-state index in [1.54, 1.807) is 38.1 Å². The molecule has 1 atom stereocenters. The topological polar surface area (TPSA) is 99.5 Å². The summed E-state index contributed by atoms with van der Waals surface area (Å²) >= 11 is 3.54. The van der Waals surface area contributed by atoms with E-state index >= 15 is 0 Å². The fourth-order valence-corrected chi connectivity index (χ4v) is 4.35. The van der Waals surface area contributed by atoms with E-state index in [4.69, 9.17) is 14.2 Å². The molecule has 0 aliphatic carbocycles. The molecular weight excluding hydrogens is 478 g/mol. The van der Waals surface area contributed by atoms with Crippen LogP contribution in [0.15, 0.2) is 58.5 Å². The number of anilines is 2. The van der Waals surface area contributed by atoms with E-state index < -0.39 is 6.04 Å². The SMILES string of the molecule is COc1ccccc1NC(=O)C1=C(C)Nc2ncnn2C1c1cc(Br)c(OC)c(OC)c1. The molecule has 2 heterocycles. The van der Waals surface area contributed by atoms with Gasteiger partial charge in [-0.05, 0) is 52.7 Å². The van der Waals surface area contributed by atoms with Gasteiger partial charge in [-0.25, -0.2) is 4.68 Å². The first-order valence-electron chi connectivity index (χ1n) is 9.71. The number of methoxy groups -OCH3 is 3. The predicted molar refractivity (Wildman–Crippen MR) is 123 cm³/mol. The number of carbonyl (C=O) groups excluding carboxylic acids is 1. The van der Waals surface area contributed by atoms with E-state index in [0.29, 0.717) is 44.6 Å². The van der Waals surface area contributed by atoms with Crippen LogP contribution in [-0.2, 0) is 4.79 Å². The molecule has 0 bridgehead atoms. The number of nitrogens with one attached hydrogen (secondary N) is 2. The Bertz CT molecular complexity index is 1210. The van der Waals surface area contributed by atoms with Crippen molar-refractivity contribution in [1.29, 1.82) is 0 Å². The number of benzene rings is 2. The van der Waals surface area contributed by atoms with Gasteiger partial charge in [0.2, 0.25) is 5.95 Å². The Balaban J connectivity index is 1.82. The van der Waals surface area contributed by atoms with Gasteiger partial charge in [-0.2, -0.15) is 10.1 Å². The third-order valence-electron chi connectivity index (χ3n) is 5.17. The summed E-state index contributed by atoms with van der Waals surface area (Å²) < 4.78 is 18.7. The number of halogens is 1. The number of aromatic nitrogens is 3. The highest BCUT2D eigenvalue weighted by Crippen LogP contribution is 2.42. The number of amides is 1. The van der Waals surface area contributed by atoms with Gasteiger partial charge in [0.05, 0.1) is 37.1 Å². The van der Waals surface area contributed by atoms with Gasteiger partial charge in [-0.15, -0.1) is 0 Å². The number of ether oxygens (including phenoxy) is 3. The minimum absolute atomic E-state index is 0.295. The maximum Gasteiger partial charge on any atom is 0.255 e. The van der Waals surface area contributed by atoms with Crippen LogP contribution in [0.3, 0.4) is 0 Å². The van der Waals surface area contributed by atoms with Gasteiger partial charge in [-0.3, -0.25) is 4.79 Å². The molecule has 1 amide bonds. The molecule has 1 unspecified atom stereocenters. The number of rotatable bonds is 6. The lowest BCUT2D eigenvalue weighted by Crippen LogP contribution is -2.31. The zero-order valence-corrected chi connectivity index (χ0v) is 19.6. The van der Waals surface area contributed by atoms with Crippen LogP contribution < -0.4 is 24.8 Å². The molecule has 2 N–H and O–H groups in total. The summed E-state index contributed by atoms with van der Waals surface area (Å²) in [6.07, 6.45) is 1.44. The van der Waals surface area contributed by atoms with Gasteiger partial charge in [0.1, 0.15) is 18.1 Å². The molecule has 0 radical (unpaired) electrons. The standard InChI is InChI=1S/C22H22BrN5O4/c1-12-18(21(29)27-15-7-5-6-8-16(15)30-2)19(28-22(26-12)24-11-25-28)13-9-14(23)20(32-4)17(10-13)31-3/h5-11,19H,1-4H3,(H,27,29)(H,24,25,26). The van der Waals surface area contributed by atoms with Gasteiger partial charge in [0.15, 0.2) is 11.5 Å². The van der Waals surface area contributed by atoms with Crippen LogP contribution >= 0.6 is 15.9 Å². The number of hydrogen-bond acceptors (Lipinski definition) is 7. The maximum absolute atomic E-state index is 13.5. The quantitative estimate of drug-likeness (QED) is 0.528. The number of hydrogen-bond donors (Lipinski definition) is 2. The monoisotopic (exact) mass is 499 g/mol. The summed E-state index contributed by atoms with van der Waals surface area (Å²) in [5.41, 5.74) is 2.48. The maximum atomic E-state index is 13.5. The van der Waals surface area contributed by atoms with Crippen molar-refractivity contribution in [2.75, 3.05) is 32.0 Å². The Morgan fingerprint density at radius 1 is 1.12 bits per heavy atom. The Kier molecular flexibility index (Phi) is 6.04. The third-order valence-corrected chi connectivity index (χ3v) is 5.75. The summed E-state index contributed by atoms with van der Waals surface area (Å²) in [6.45, 7) is 1.83. The molecule has 9 nitrogen and oxygen atoms in total. The minimum atomic E-state index is -0.556. The highest BCUT2D eigenvalue weighted by atomic mass is 79.9. The molecule has 166 valence electrons. The third kappa shape index (κ3) is 3.77. The molecule has 1 aliphatic heterocycles. The minimum Gasteiger partial charge on any atom is -0.495 e. The van der Waals surface area contributed by atoms with Crippen LogP contribution in [-0.4, -0.2) is 42.0 Å². The first kappa shape index (κ1) is 21.7. The molecular formula is C22H22BrN5O4. The Hall–Kier alpha value is -3.53. The molecule has 0 saturated carbocycles. The van der Waals surface area contributed by atoms with Crippen LogP contribution in [0.5, 0.6) is 17.2 Å². The lowest BCUT2D eigenvalue weighted by Gasteiger charge is -2.29. The summed E-state index contributed by atoms with van der Waals surface area (Å²) in [5, 5.41) is 10.5. The van der Waals surface area contributed by atoms with Gasteiger partial charge >= 0.3 is 0 Å². The molecule has 1 aromatic heterocycles. The van der Waals surface area contributed by atoms with Gasteiger partial charge < -0.3 is 24.8 Å². The predicted octanol–water partition coefficient (Wildman–Crippen LogP) is 3.99. The van der Waals surface area contributed by atoms with E-state index in [1.165, 1.54) is 6.33 Å². The first-order chi connectivity index (χ1) is 15.5. The normalized spacial score (nSPS) is 15.0. The largest absolute Gasteiger partial charge is 0.495 e. The molecule has 32 heavy (non-hydrogen) atoms. The van der Waals surface area contributed by atoms with Gasteiger partial charge in [0.25, 0.3) is 5.91 Å². The fraction of sp³-hybridized carbons (Fsp3) is 0.227. The van der Waals surface area contributed by atoms with Crippen LogP contribution in [0.1, 0.15) is 18.5 Å². The van der Waals surface area contributed by atoms with Crippen molar-refractivity contribution in [3.8, 4) is 17.2 Å². The summed E-state index contributed by atoms with van der Waals surface area (Å²) in [4.78, 5) is 17.8. The van der Waals surface area contributed by atoms with E-state index in [9.17, 15) is 4.79 Å². The zero-order chi connectivity index (χ0) is 22.8. The second kappa shape index (κ2) is 8.91. The lowest BCUT2D eigenvalue weighted by atomic mass is 9.94. The number of allylic oxidation sites excluding steroid dienone is 1. The van der Waals surface area contributed by atoms with Crippen LogP contribution in [0.4, 0.5) is 11.6 Å². The van der Waals surface area contributed by atoms with Crippen LogP contribution in [0.25, 0.3) is 0 Å². The number of nitrogens with zero attached hydrogens (tertiary/aromatic N) is 3. The summed E-state index contributed by atoms with van der Waals surface area (Å²) in [5.74, 6) is 1.89. The fourth-order valence-electron chi connectivity index (χ4n) is 3.73. The molecule has 0 fully saturated rings. The van der Waals surface area contributed by atoms with Crippen molar-refractivity contribution >= 4 is 33.5 Å². The molecule has 4 rings (SSSR count). The Morgan fingerprint density at radius 2 is 1.88 bits per heavy atom. The lowest BCUT2D eigenvalue weighted by molar-refractivity contribution is -0.113. The number of carbonyl (C=O) groups is 1. The van der Waals surface area contributed by atoms with Crippen molar-refractivity contribution in [3.63, 3.8) is 0 Å². The second-order valence-electron chi connectivity index (χ2n) is 6.99. The van der Waals surface area contributed by atoms with Crippen molar-refractivity contribution in [1.82, 2.24) is 14.8 Å². The zero-order valence-electron chi connectivity index (χ0n) is 18.0. The van der Waals surface area contributed by atoms with E-state index in [1.807, 2.05) is 31.2 Å². The van der Waals surface area contributed by atoms with E-state index in [-0.39, 0.29) is 5.91 Å². The number of fused-ring (bicyclic) bond motifs is 1.